The number of fused-ring (bicyclic) bond motifs is 3. The summed E-state index contributed by atoms with van der Waals surface area (Å²) in [6.07, 6.45) is 1.64. The van der Waals surface area contributed by atoms with Gasteiger partial charge in [0.1, 0.15) is 12.3 Å². The van der Waals surface area contributed by atoms with Crippen LogP contribution in [0, 0.1) is 0 Å². The highest BCUT2D eigenvalue weighted by Gasteiger charge is 2.14. The molecule has 0 N–H and O–H groups in total. The van der Waals surface area contributed by atoms with Crippen LogP contribution in [0.5, 0.6) is 0 Å². The van der Waals surface area contributed by atoms with Gasteiger partial charge in [0.05, 0.1) is 11.8 Å². The summed E-state index contributed by atoms with van der Waals surface area (Å²) in [6, 6.07) is 8.61. The molecule has 5 nitrogen and oxygen atoms in total. The number of aromatic nitrogens is 2. The lowest BCUT2D eigenvalue weighted by molar-refractivity contribution is 0.0899. The van der Waals surface area contributed by atoms with Gasteiger partial charge in [0, 0.05) is 20.1 Å². The molecule has 116 valence electrons. The summed E-state index contributed by atoms with van der Waals surface area (Å²) in [4.78, 5) is 16.2. The van der Waals surface area contributed by atoms with Crippen molar-refractivity contribution in [2.45, 2.75) is 32.4 Å². The van der Waals surface area contributed by atoms with E-state index >= 15 is 0 Å². The zero-order chi connectivity index (χ0) is 15.7. The maximum atomic E-state index is 12.0. The van der Waals surface area contributed by atoms with Gasteiger partial charge < -0.3 is 13.7 Å². The van der Waals surface area contributed by atoms with E-state index in [9.17, 15) is 4.79 Å². The molecule has 0 aliphatic carbocycles. The summed E-state index contributed by atoms with van der Waals surface area (Å²) in [6.45, 7) is 8.09. The lowest BCUT2D eigenvalue weighted by Gasteiger charge is -2.15. The predicted octanol–water partition coefficient (Wildman–Crippen LogP) is 3.46. The van der Waals surface area contributed by atoms with E-state index in [4.69, 9.17) is 9.15 Å². The maximum absolute atomic E-state index is 12.0. The fourth-order valence-corrected chi connectivity index (χ4v) is 3.11. The molecule has 0 spiro atoms. The Hall–Kier alpha value is -1.92. The Morgan fingerprint density at radius 1 is 1.27 bits per heavy atom. The van der Waals surface area contributed by atoms with Crippen LogP contribution >= 0.6 is 0 Å². The first kappa shape index (κ1) is 15.0. The van der Waals surface area contributed by atoms with Crippen LogP contribution in [0.15, 0.2) is 39.8 Å². The van der Waals surface area contributed by atoms with Crippen molar-refractivity contribution in [2.24, 2.45) is 0 Å². The number of ether oxygens (including phenoxy) is 1. The first-order chi connectivity index (χ1) is 10.5. The number of imidazole rings is 1. The molecule has 6 heteroatoms. The molecule has 0 aliphatic rings. The van der Waals surface area contributed by atoms with Crippen LogP contribution in [0.4, 0.5) is 0 Å². The topological polar surface area (TPSA) is 57.3 Å². The summed E-state index contributed by atoms with van der Waals surface area (Å²) in [7, 11) is -1.10. The van der Waals surface area contributed by atoms with Gasteiger partial charge in [-0.2, -0.15) is 0 Å². The van der Waals surface area contributed by atoms with Gasteiger partial charge in [-0.1, -0.05) is 31.8 Å². The van der Waals surface area contributed by atoms with Crippen LogP contribution in [0.1, 0.15) is 0 Å². The number of nitrogens with zero attached hydrogens (tertiary/aromatic N) is 2. The average Bonchev–Trinajstić information content (AvgIpc) is 2.88. The van der Waals surface area contributed by atoms with Crippen molar-refractivity contribution in [1.29, 1.82) is 0 Å². The first-order valence-corrected chi connectivity index (χ1v) is 11.1. The highest BCUT2D eigenvalue weighted by molar-refractivity contribution is 6.76. The largest absolute Gasteiger partial charge is 0.421 e. The van der Waals surface area contributed by atoms with Gasteiger partial charge in [-0.3, -0.25) is 0 Å². The predicted molar refractivity (Wildman–Crippen MR) is 89.9 cm³/mol. The van der Waals surface area contributed by atoms with Gasteiger partial charge >= 0.3 is 5.63 Å². The maximum Gasteiger partial charge on any atom is 0.364 e. The Morgan fingerprint density at radius 3 is 2.82 bits per heavy atom. The molecule has 0 saturated heterocycles. The Morgan fingerprint density at radius 2 is 2.05 bits per heavy atom. The molecule has 3 aromatic rings. The smallest absolute Gasteiger partial charge is 0.364 e. The molecule has 0 radical (unpaired) electrons. The summed E-state index contributed by atoms with van der Waals surface area (Å²) < 4.78 is 12.9. The standard InChI is InChI=1S/C16H20N2O3Si/c1-22(2,3)9-8-20-11-18-10-17-14-15(18)12-6-4-5-7-13(12)21-16(14)19/h4-7,10H,8-9,11H2,1-3H3. The molecular weight excluding hydrogens is 296 g/mol. The van der Waals surface area contributed by atoms with Crippen molar-refractivity contribution >= 4 is 30.1 Å². The SMILES string of the molecule is C[Si](C)(C)CCOCn1cnc2c(=O)oc3ccccc3c21. The van der Waals surface area contributed by atoms with Crippen molar-refractivity contribution < 1.29 is 9.15 Å². The van der Waals surface area contributed by atoms with E-state index < -0.39 is 13.7 Å². The summed E-state index contributed by atoms with van der Waals surface area (Å²) in [5, 5.41) is 0.878. The summed E-state index contributed by atoms with van der Waals surface area (Å²) in [5.41, 5.74) is 1.30. The van der Waals surface area contributed by atoms with E-state index in [2.05, 4.69) is 24.6 Å². The third-order valence-electron chi connectivity index (χ3n) is 3.60. The average molecular weight is 316 g/mol. The first-order valence-electron chi connectivity index (χ1n) is 7.40. The van der Waals surface area contributed by atoms with Crippen molar-refractivity contribution in [2.75, 3.05) is 6.61 Å². The van der Waals surface area contributed by atoms with Crippen molar-refractivity contribution in [3.05, 3.63) is 41.0 Å². The third-order valence-corrected chi connectivity index (χ3v) is 5.31. The van der Waals surface area contributed by atoms with Crippen LogP contribution in [0.3, 0.4) is 0 Å². The van der Waals surface area contributed by atoms with Gasteiger partial charge in [-0.25, -0.2) is 9.78 Å². The minimum absolute atomic E-state index is 0.354. The van der Waals surface area contributed by atoms with E-state index in [-0.39, 0.29) is 0 Å². The Bertz CT molecular complexity index is 861. The molecule has 1 aromatic carbocycles. The van der Waals surface area contributed by atoms with Crippen LogP contribution in [0.25, 0.3) is 22.0 Å². The lowest BCUT2D eigenvalue weighted by atomic mass is 10.2. The molecule has 0 unspecified atom stereocenters. The van der Waals surface area contributed by atoms with Gasteiger partial charge in [0.25, 0.3) is 0 Å². The normalized spacial score (nSPS) is 12.3. The molecule has 0 saturated carbocycles. The molecular formula is C16H20N2O3Si. The molecule has 22 heavy (non-hydrogen) atoms. The fourth-order valence-electron chi connectivity index (χ4n) is 2.35. The molecule has 0 aliphatic heterocycles. The Kier molecular flexibility index (Phi) is 3.88. The van der Waals surface area contributed by atoms with Crippen LogP contribution < -0.4 is 5.63 Å². The van der Waals surface area contributed by atoms with Crippen LogP contribution in [-0.2, 0) is 11.5 Å². The zero-order valence-electron chi connectivity index (χ0n) is 13.1. The second kappa shape index (κ2) is 5.70. The summed E-state index contributed by atoms with van der Waals surface area (Å²) in [5.74, 6) is 0. The molecule has 0 amide bonds. The number of benzene rings is 1. The fraction of sp³-hybridized carbons (Fsp3) is 0.375. The van der Waals surface area contributed by atoms with Crippen LogP contribution in [-0.4, -0.2) is 24.2 Å². The number of hydrogen-bond donors (Lipinski definition) is 0. The highest BCUT2D eigenvalue weighted by atomic mass is 28.3. The van der Waals surface area contributed by atoms with Gasteiger partial charge in [-0.05, 0) is 18.2 Å². The number of rotatable bonds is 5. The quantitative estimate of drug-likeness (QED) is 0.411. The monoisotopic (exact) mass is 316 g/mol. The molecule has 3 rings (SSSR count). The molecule has 2 heterocycles. The number of para-hydroxylation sites is 1. The van der Waals surface area contributed by atoms with Crippen molar-refractivity contribution in [3.63, 3.8) is 0 Å². The van der Waals surface area contributed by atoms with E-state index in [1.54, 1.807) is 12.4 Å². The number of hydrogen-bond acceptors (Lipinski definition) is 4. The van der Waals surface area contributed by atoms with E-state index in [1.165, 1.54) is 0 Å². The molecule has 2 aromatic heterocycles. The van der Waals surface area contributed by atoms with Crippen molar-refractivity contribution in [1.82, 2.24) is 9.55 Å². The zero-order valence-corrected chi connectivity index (χ0v) is 14.1. The van der Waals surface area contributed by atoms with Crippen LogP contribution in [0.2, 0.25) is 25.7 Å². The highest BCUT2D eigenvalue weighted by Crippen LogP contribution is 2.22. The minimum atomic E-state index is -1.10. The minimum Gasteiger partial charge on any atom is -0.421 e. The summed E-state index contributed by atoms with van der Waals surface area (Å²) >= 11 is 0. The van der Waals surface area contributed by atoms with Gasteiger partial charge in [0.15, 0.2) is 5.52 Å². The van der Waals surface area contributed by atoms with E-state index in [0.29, 0.717) is 17.8 Å². The molecule has 0 atom stereocenters. The Labute approximate surface area is 129 Å². The van der Waals surface area contributed by atoms with Gasteiger partial charge in [0.2, 0.25) is 0 Å². The van der Waals surface area contributed by atoms with Crippen molar-refractivity contribution in [3.8, 4) is 0 Å². The van der Waals surface area contributed by atoms with Gasteiger partial charge in [-0.15, -0.1) is 0 Å². The molecule has 0 bridgehead atoms. The van der Waals surface area contributed by atoms with E-state index in [0.717, 1.165) is 23.6 Å². The van der Waals surface area contributed by atoms with E-state index in [1.807, 2.05) is 22.8 Å². The molecule has 0 fully saturated rings. The second-order valence-corrected chi connectivity index (χ2v) is 12.3. The second-order valence-electron chi connectivity index (χ2n) is 6.65. The lowest BCUT2D eigenvalue weighted by Crippen LogP contribution is -2.22. The Balaban J connectivity index is 1.92. The third kappa shape index (κ3) is 2.98.